The molecule has 1 fully saturated rings. The Morgan fingerprint density at radius 1 is 1.26 bits per heavy atom. The molecule has 23 heavy (non-hydrogen) atoms. The second kappa shape index (κ2) is 6.20. The van der Waals surface area contributed by atoms with E-state index in [2.05, 4.69) is 27.3 Å². The molecule has 1 unspecified atom stereocenters. The standard InChI is InChI=1S/C17H17BrN2O3/c1-10-7-11(2)9-12(8-10)20-6-5-13(17(20)22)19-16(21)14-3-4-15(18)23-14/h3-4,7-9,13H,5-6H2,1-2H3,(H,19,21). The van der Waals surface area contributed by atoms with Crippen molar-refractivity contribution in [1.82, 2.24) is 5.32 Å². The molecule has 0 bridgehead atoms. The summed E-state index contributed by atoms with van der Waals surface area (Å²) < 4.78 is 5.70. The summed E-state index contributed by atoms with van der Waals surface area (Å²) in [5, 5.41) is 2.74. The van der Waals surface area contributed by atoms with Crippen LogP contribution in [0.15, 0.2) is 39.4 Å². The van der Waals surface area contributed by atoms with Crippen LogP contribution in [0.1, 0.15) is 28.1 Å². The summed E-state index contributed by atoms with van der Waals surface area (Å²) in [6.07, 6.45) is 0.583. The summed E-state index contributed by atoms with van der Waals surface area (Å²) in [6.45, 7) is 4.60. The molecular formula is C17H17BrN2O3. The van der Waals surface area contributed by atoms with Gasteiger partial charge in [0.2, 0.25) is 5.91 Å². The molecule has 1 saturated heterocycles. The highest BCUT2D eigenvalue weighted by Gasteiger charge is 2.34. The van der Waals surface area contributed by atoms with Crippen LogP contribution in [-0.2, 0) is 4.79 Å². The van der Waals surface area contributed by atoms with E-state index in [0.29, 0.717) is 17.6 Å². The first-order valence-electron chi connectivity index (χ1n) is 7.40. The van der Waals surface area contributed by atoms with E-state index in [0.717, 1.165) is 16.8 Å². The molecule has 6 heteroatoms. The van der Waals surface area contributed by atoms with E-state index in [-0.39, 0.29) is 17.6 Å². The molecule has 5 nitrogen and oxygen atoms in total. The van der Waals surface area contributed by atoms with Gasteiger partial charge in [0.05, 0.1) is 0 Å². The minimum atomic E-state index is -0.521. The Bertz CT molecular complexity index is 749. The minimum absolute atomic E-state index is 0.0889. The number of halogens is 1. The number of rotatable bonds is 3. The second-order valence-corrected chi connectivity index (χ2v) is 6.54. The molecule has 2 aromatic rings. The molecule has 1 aromatic heterocycles. The molecule has 0 saturated carbocycles. The Labute approximate surface area is 142 Å². The van der Waals surface area contributed by atoms with Crippen LogP contribution >= 0.6 is 15.9 Å². The normalized spacial score (nSPS) is 17.6. The molecule has 0 aliphatic carbocycles. The second-order valence-electron chi connectivity index (χ2n) is 5.75. The lowest BCUT2D eigenvalue weighted by Gasteiger charge is -2.18. The molecule has 120 valence electrons. The highest BCUT2D eigenvalue weighted by Crippen LogP contribution is 2.24. The SMILES string of the molecule is Cc1cc(C)cc(N2CCC(NC(=O)c3ccc(Br)o3)C2=O)c1. The zero-order chi connectivity index (χ0) is 16.6. The van der Waals surface area contributed by atoms with Crippen molar-refractivity contribution >= 4 is 33.4 Å². The van der Waals surface area contributed by atoms with Gasteiger partial charge in [0, 0.05) is 12.2 Å². The van der Waals surface area contributed by atoms with Crippen LogP contribution in [0.3, 0.4) is 0 Å². The third-order valence-electron chi connectivity index (χ3n) is 3.83. The van der Waals surface area contributed by atoms with Crippen molar-refractivity contribution < 1.29 is 14.0 Å². The lowest BCUT2D eigenvalue weighted by molar-refractivity contribution is -0.118. The number of anilines is 1. The van der Waals surface area contributed by atoms with Crippen molar-refractivity contribution in [3.8, 4) is 0 Å². The molecule has 1 aliphatic heterocycles. The van der Waals surface area contributed by atoms with Gasteiger partial charge in [-0.25, -0.2) is 0 Å². The number of amides is 2. The van der Waals surface area contributed by atoms with Gasteiger partial charge in [0.25, 0.3) is 5.91 Å². The van der Waals surface area contributed by atoms with E-state index in [1.54, 1.807) is 17.0 Å². The van der Waals surface area contributed by atoms with Gasteiger partial charge < -0.3 is 14.6 Å². The molecule has 1 atom stereocenters. The average molecular weight is 377 g/mol. The maximum atomic E-state index is 12.6. The Morgan fingerprint density at radius 2 is 1.96 bits per heavy atom. The number of nitrogens with zero attached hydrogens (tertiary/aromatic N) is 1. The van der Waals surface area contributed by atoms with Gasteiger partial charge in [0.1, 0.15) is 6.04 Å². The first-order chi connectivity index (χ1) is 10.9. The Hall–Kier alpha value is -2.08. The van der Waals surface area contributed by atoms with Gasteiger partial charge in [-0.3, -0.25) is 9.59 Å². The average Bonchev–Trinajstić information content (AvgIpc) is 3.05. The number of benzene rings is 1. The molecule has 1 aliphatic rings. The van der Waals surface area contributed by atoms with Gasteiger partial charge in [-0.1, -0.05) is 6.07 Å². The van der Waals surface area contributed by atoms with Crippen molar-refractivity contribution in [2.24, 2.45) is 0 Å². The first kappa shape index (κ1) is 15.8. The number of carbonyl (C=O) groups is 2. The molecule has 1 N–H and O–H groups in total. The quantitative estimate of drug-likeness (QED) is 0.894. The monoisotopic (exact) mass is 376 g/mol. The van der Waals surface area contributed by atoms with Crippen molar-refractivity contribution in [1.29, 1.82) is 0 Å². The van der Waals surface area contributed by atoms with Gasteiger partial charge >= 0.3 is 0 Å². The van der Waals surface area contributed by atoms with Crippen LogP contribution in [0, 0.1) is 13.8 Å². The highest BCUT2D eigenvalue weighted by molar-refractivity contribution is 9.10. The lowest BCUT2D eigenvalue weighted by atomic mass is 10.1. The van der Waals surface area contributed by atoms with E-state index in [1.165, 1.54) is 0 Å². The summed E-state index contributed by atoms with van der Waals surface area (Å²) in [5.74, 6) is -0.278. The van der Waals surface area contributed by atoms with Crippen molar-refractivity contribution in [3.05, 3.63) is 51.9 Å². The van der Waals surface area contributed by atoms with E-state index < -0.39 is 6.04 Å². The largest absolute Gasteiger partial charge is 0.444 e. The van der Waals surface area contributed by atoms with E-state index in [4.69, 9.17) is 4.42 Å². The summed E-state index contributed by atoms with van der Waals surface area (Å²) in [4.78, 5) is 26.4. The third kappa shape index (κ3) is 3.32. The Balaban J connectivity index is 1.72. The Kier molecular flexibility index (Phi) is 4.26. The predicted molar refractivity (Wildman–Crippen MR) is 90.5 cm³/mol. The predicted octanol–water partition coefficient (Wildman–Crippen LogP) is 3.19. The Morgan fingerprint density at radius 3 is 2.57 bits per heavy atom. The number of nitrogens with one attached hydrogen (secondary N) is 1. The first-order valence-corrected chi connectivity index (χ1v) is 8.19. The fourth-order valence-corrected chi connectivity index (χ4v) is 3.15. The topological polar surface area (TPSA) is 62.6 Å². The number of hydrogen-bond acceptors (Lipinski definition) is 3. The zero-order valence-electron chi connectivity index (χ0n) is 12.9. The molecule has 0 spiro atoms. The smallest absolute Gasteiger partial charge is 0.287 e. The highest BCUT2D eigenvalue weighted by atomic mass is 79.9. The van der Waals surface area contributed by atoms with Crippen LogP contribution in [0.25, 0.3) is 0 Å². The molecule has 3 rings (SSSR count). The van der Waals surface area contributed by atoms with Gasteiger partial charge in [-0.15, -0.1) is 0 Å². The van der Waals surface area contributed by atoms with Crippen LogP contribution in [-0.4, -0.2) is 24.4 Å². The fourth-order valence-electron chi connectivity index (χ4n) is 2.84. The zero-order valence-corrected chi connectivity index (χ0v) is 14.5. The summed E-state index contributed by atoms with van der Waals surface area (Å²) in [7, 11) is 0. The molecule has 1 aromatic carbocycles. The molecular weight excluding hydrogens is 360 g/mol. The lowest BCUT2D eigenvalue weighted by Crippen LogP contribution is -2.41. The number of aryl methyl sites for hydroxylation is 2. The van der Waals surface area contributed by atoms with Gasteiger partial charge in [-0.2, -0.15) is 0 Å². The summed E-state index contributed by atoms with van der Waals surface area (Å²) >= 11 is 3.16. The maximum Gasteiger partial charge on any atom is 0.287 e. The summed E-state index contributed by atoms with van der Waals surface area (Å²) in [6, 6.07) is 8.73. The number of carbonyl (C=O) groups excluding carboxylic acids is 2. The number of furan rings is 1. The van der Waals surface area contributed by atoms with Crippen LogP contribution in [0.5, 0.6) is 0 Å². The van der Waals surface area contributed by atoms with Crippen molar-refractivity contribution in [2.45, 2.75) is 26.3 Å². The third-order valence-corrected chi connectivity index (χ3v) is 4.25. The van der Waals surface area contributed by atoms with Crippen LogP contribution in [0.2, 0.25) is 0 Å². The van der Waals surface area contributed by atoms with E-state index >= 15 is 0 Å². The minimum Gasteiger partial charge on any atom is -0.444 e. The van der Waals surface area contributed by atoms with E-state index in [9.17, 15) is 9.59 Å². The van der Waals surface area contributed by atoms with Gasteiger partial charge in [-0.05, 0) is 71.6 Å². The van der Waals surface area contributed by atoms with Crippen LogP contribution < -0.4 is 10.2 Å². The van der Waals surface area contributed by atoms with Gasteiger partial charge in [0.15, 0.2) is 10.4 Å². The van der Waals surface area contributed by atoms with E-state index in [1.807, 2.05) is 26.0 Å². The van der Waals surface area contributed by atoms with Crippen molar-refractivity contribution in [2.75, 3.05) is 11.4 Å². The fraction of sp³-hybridized carbons (Fsp3) is 0.294. The summed E-state index contributed by atoms with van der Waals surface area (Å²) in [5.41, 5.74) is 3.10. The molecule has 0 radical (unpaired) electrons. The maximum absolute atomic E-state index is 12.6. The molecule has 2 amide bonds. The number of hydrogen-bond donors (Lipinski definition) is 1. The van der Waals surface area contributed by atoms with Crippen LogP contribution in [0.4, 0.5) is 5.69 Å². The van der Waals surface area contributed by atoms with Crippen molar-refractivity contribution in [3.63, 3.8) is 0 Å². The molecule has 2 heterocycles.